The van der Waals surface area contributed by atoms with Gasteiger partial charge < -0.3 is 9.13 Å². The number of nitrogens with zero attached hydrogens (tertiary/aromatic N) is 8. The highest BCUT2D eigenvalue weighted by atomic mass is 15.1. The van der Waals surface area contributed by atoms with Crippen molar-refractivity contribution in [2.24, 2.45) is 0 Å². The molecule has 0 aliphatic rings. The van der Waals surface area contributed by atoms with E-state index in [1.165, 1.54) is 55.3 Å². The van der Waals surface area contributed by atoms with Crippen LogP contribution in [0.25, 0.3) is 168 Å². The molecule has 0 aliphatic heterocycles. The molecule has 8 heteroatoms. The first-order chi connectivity index (χ1) is 47.2. The molecule has 13 aromatic carbocycles. The monoisotopic (exact) mass is 1230 g/mol. The first-order valence-corrected chi connectivity index (χ1v) is 32.6. The molecule has 0 aliphatic carbocycles. The number of hydrogen-bond acceptors (Lipinski definition) is 6. The van der Waals surface area contributed by atoms with Crippen molar-refractivity contribution >= 4 is 43.6 Å². The van der Waals surface area contributed by atoms with Gasteiger partial charge in [-0.1, -0.05) is 247 Å². The van der Waals surface area contributed by atoms with Crippen molar-refractivity contribution in [2.75, 3.05) is 0 Å². The van der Waals surface area contributed by atoms with Gasteiger partial charge in [-0.05, 0) is 146 Å². The van der Waals surface area contributed by atoms with Gasteiger partial charge in [-0.3, -0.25) is 0 Å². The van der Waals surface area contributed by atoms with Crippen molar-refractivity contribution in [1.29, 1.82) is 0 Å². The van der Waals surface area contributed by atoms with E-state index in [-0.39, 0.29) is 0 Å². The summed E-state index contributed by atoms with van der Waals surface area (Å²) < 4.78 is 4.84. The fourth-order valence-electron chi connectivity index (χ4n) is 14.0. The predicted octanol–water partition coefficient (Wildman–Crippen LogP) is 22.2. The highest BCUT2D eigenvalue weighted by Crippen LogP contribution is 2.43. The van der Waals surface area contributed by atoms with Crippen molar-refractivity contribution in [3.63, 3.8) is 0 Å². The highest BCUT2D eigenvalue weighted by Gasteiger charge is 2.23. The van der Waals surface area contributed by atoms with Crippen LogP contribution in [0.2, 0.25) is 0 Å². The zero-order valence-electron chi connectivity index (χ0n) is 53.4. The van der Waals surface area contributed by atoms with E-state index in [1.807, 2.05) is 72.8 Å². The molecular weight excluding hydrogens is 1170 g/mol. The quantitative estimate of drug-likeness (QED) is 0.121. The Balaban J connectivity index is 0.905. The normalized spacial score (nSPS) is 11.5. The summed E-state index contributed by atoms with van der Waals surface area (Å²) in [5.41, 5.74) is 25.3. The molecule has 0 atom stereocenters. The summed E-state index contributed by atoms with van der Waals surface area (Å²) in [5.74, 6) is 3.50. The van der Waals surface area contributed by atoms with Gasteiger partial charge in [-0.25, -0.2) is 29.9 Å². The van der Waals surface area contributed by atoms with E-state index < -0.39 is 0 Å². The second kappa shape index (κ2) is 23.9. The average Bonchev–Trinajstić information content (AvgIpc) is 1.57. The number of rotatable bonds is 12. The summed E-state index contributed by atoms with van der Waals surface area (Å²) in [6, 6.07) is 108. The second-order valence-corrected chi connectivity index (χ2v) is 25.1. The fourth-order valence-corrected chi connectivity index (χ4v) is 14.0. The van der Waals surface area contributed by atoms with Gasteiger partial charge in [-0.15, -0.1) is 0 Å². The first-order valence-electron chi connectivity index (χ1n) is 32.6. The zero-order valence-corrected chi connectivity index (χ0v) is 53.4. The maximum absolute atomic E-state index is 5.36. The molecule has 0 unspecified atom stereocenters. The molecule has 0 radical (unpaired) electrons. The Kier molecular flexibility index (Phi) is 14.3. The molecule has 0 saturated heterocycles. The molecule has 4 heterocycles. The number of benzene rings is 13. The number of fused-ring (bicyclic) bond motifs is 6. The lowest BCUT2D eigenvalue weighted by atomic mass is 9.95. The lowest BCUT2D eigenvalue weighted by molar-refractivity contribution is 1.07. The lowest BCUT2D eigenvalue weighted by Crippen LogP contribution is -2.02. The van der Waals surface area contributed by atoms with Gasteiger partial charge in [0, 0.05) is 66.2 Å². The molecule has 454 valence electrons. The molecule has 17 rings (SSSR count). The van der Waals surface area contributed by atoms with Gasteiger partial charge in [-0.2, -0.15) is 0 Å². The largest absolute Gasteiger partial charge is 0.309 e. The van der Waals surface area contributed by atoms with E-state index in [1.54, 1.807) is 0 Å². The van der Waals surface area contributed by atoms with Crippen LogP contribution in [0.15, 0.2) is 303 Å². The number of hydrogen-bond donors (Lipinski definition) is 0. The SMILES string of the molecule is Cc1cc(C)cc(-c2ccc3c(c2)c2ccccc2n3-c2cc(-c3cccc(-c4cc(-c5nc(-c6ccccc6)nc(-c6ccccc6)n5)ccc4-n4c5ccccc5c5cc(-c6cc(C)cc(C)c6)ccc54)c3)cc(-c3nc(-c4ccccc4)nc(-c4ccccc4)n3)c2)c1. The van der Waals surface area contributed by atoms with Crippen LogP contribution < -0.4 is 0 Å². The third-order valence-electron chi connectivity index (χ3n) is 18.3. The van der Waals surface area contributed by atoms with Gasteiger partial charge in [0.05, 0.1) is 27.8 Å². The predicted molar refractivity (Wildman–Crippen MR) is 395 cm³/mol. The van der Waals surface area contributed by atoms with Crippen molar-refractivity contribution in [1.82, 2.24) is 39.0 Å². The Morgan fingerprint density at radius 2 is 0.531 bits per heavy atom. The fraction of sp³-hybridized carbons (Fsp3) is 0.0455. The molecule has 0 fully saturated rings. The Morgan fingerprint density at radius 3 is 1.01 bits per heavy atom. The van der Waals surface area contributed by atoms with E-state index in [4.69, 9.17) is 29.9 Å². The summed E-state index contributed by atoms with van der Waals surface area (Å²) in [4.78, 5) is 31.5. The molecule has 8 nitrogen and oxygen atoms in total. The summed E-state index contributed by atoms with van der Waals surface area (Å²) in [6.07, 6.45) is 0. The third kappa shape index (κ3) is 10.7. The second-order valence-electron chi connectivity index (χ2n) is 25.1. The molecule has 4 aromatic heterocycles. The van der Waals surface area contributed by atoms with Crippen molar-refractivity contribution in [3.05, 3.63) is 326 Å². The van der Waals surface area contributed by atoms with Gasteiger partial charge in [0.15, 0.2) is 34.9 Å². The van der Waals surface area contributed by atoms with E-state index in [9.17, 15) is 0 Å². The van der Waals surface area contributed by atoms with Crippen LogP contribution in [0.1, 0.15) is 22.3 Å². The topological polar surface area (TPSA) is 87.2 Å². The molecule has 17 aromatic rings. The molecule has 0 saturated carbocycles. The molecule has 96 heavy (non-hydrogen) atoms. The Labute approximate surface area is 556 Å². The van der Waals surface area contributed by atoms with Crippen LogP contribution in [0.5, 0.6) is 0 Å². The average molecular weight is 1230 g/mol. The van der Waals surface area contributed by atoms with E-state index >= 15 is 0 Å². The van der Waals surface area contributed by atoms with Crippen LogP contribution in [-0.2, 0) is 0 Å². The van der Waals surface area contributed by atoms with Gasteiger partial charge >= 0.3 is 0 Å². The molecule has 0 N–H and O–H groups in total. The van der Waals surface area contributed by atoms with Crippen LogP contribution >= 0.6 is 0 Å². The molecule has 0 spiro atoms. The van der Waals surface area contributed by atoms with E-state index in [0.29, 0.717) is 34.9 Å². The highest BCUT2D eigenvalue weighted by molar-refractivity contribution is 6.12. The molecular formula is C88H62N8. The number of para-hydroxylation sites is 2. The Hall–Kier alpha value is -12.5. The summed E-state index contributed by atoms with van der Waals surface area (Å²) in [7, 11) is 0. The maximum Gasteiger partial charge on any atom is 0.164 e. The number of aryl methyl sites for hydroxylation is 4. The minimum atomic E-state index is 0.559. The first kappa shape index (κ1) is 57.4. The zero-order chi connectivity index (χ0) is 64.4. The van der Waals surface area contributed by atoms with E-state index in [0.717, 1.165) is 99.8 Å². The Bertz CT molecular complexity index is 5720. The van der Waals surface area contributed by atoms with Crippen LogP contribution in [-0.4, -0.2) is 39.0 Å². The minimum Gasteiger partial charge on any atom is -0.309 e. The summed E-state index contributed by atoms with van der Waals surface area (Å²) in [5, 5.41) is 4.66. The van der Waals surface area contributed by atoms with E-state index in [2.05, 4.69) is 267 Å². The number of aromatic nitrogens is 8. The summed E-state index contributed by atoms with van der Waals surface area (Å²) >= 11 is 0. The van der Waals surface area contributed by atoms with Crippen molar-refractivity contribution in [2.45, 2.75) is 27.7 Å². The molecule has 0 bridgehead atoms. The minimum absolute atomic E-state index is 0.559. The smallest absolute Gasteiger partial charge is 0.164 e. The lowest BCUT2D eigenvalue weighted by Gasteiger charge is -2.18. The van der Waals surface area contributed by atoms with Gasteiger partial charge in [0.2, 0.25) is 0 Å². The van der Waals surface area contributed by atoms with Crippen LogP contribution in [0.4, 0.5) is 0 Å². The standard InChI is InChI=1S/C88H62N8/c1-55-42-56(2)45-68(44-55)64-36-39-81-76(52-64)73-32-17-19-34-78(73)95(81)72-50-70(49-71(51-72)88-93-85(61-26-13-7-14-27-61)90-86(94-88)62-28-15-8-16-29-62)63-30-21-31-66(48-63)75-54-67(87-91-83(59-22-9-5-10-23-59)89-84(92-87)60-24-11-6-12-25-60)38-41-80(75)96-79-35-20-18-33-74(79)77-53-65(37-40-82(77)96)69-46-57(3)43-58(4)47-69/h5-54H,1-4H3. The van der Waals surface area contributed by atoms with Gasteiger partial charge in [0.1, 0.15) is 0 Å². The maximum atomic E-state index is 5.36. The molecule has 0 amide bonds. The van der Waals surface area contributed by atoms with Crippen LogP contribution in [0.3, 0.4) is 0 Å². The Morgan fingerprint density at radius 1 is 0.198 bits per heavy atom. The van der Waals surface area contributed by atoms with Crippen molar-refractivity contribution < 1.29 is 0 Å². The summed E-state index contributed by atoms with van der Waals surface area (Å²) in [6.45, 7) is 8.69. The third-order valence-corrected chi connectivity index (χ3v) is 18.3. The van der Waals surface area contributed by atoms with Crippen LogP contribution in [0, 0.1) is 27.7 Å². The van der Waals surface area contributed by atoms with Gasteiger partial charge in [0.25, 0.3) is 0 Å². The van der Waals surface area contributed by atoms with Crippen molar-refractivity contribution in [3.8, 4) is 124 Å².